The third kappa shape index (κ3) is 3.93. The summed E-state index contributed by atoms with van der Waals surface area (Å²) in [5.41, 5.74) is 0.853. The number of carbonyl (C=O) groups excluding carboxylic acids is 2. The third-order valence-corrected chi connectivity index (χ3v) is 6.01. The summed E-state index contributed by atoms with van der Waals surface area (Å²) >= 11 is 0. The molecule has 31 heavy (non-hydrogen) atoms. The molecule has 5 rings (SSSR count). The van der Waals surface area contributed by atoms with Crippen LogP contribution in [0.25, 0.3) is 11.3 Å². The number of benzene rings is 2. The molecule has 1 aromatic heterocycles. The monoisotopic (exact) mass is 416 g/mol. The molecule has 1 saturated heterocycles. The molecule has 0 bridgehead atoms. The van der Waals surface area contributed by atoms with Crippen molar-refractivity contribution in [2.75, 3.05) is 13.1 Å². The van der Waals surface area contributed by atoms with E-state index in [1.54, 1.807) is 6.07 Å². The number of aryl methyl sites for hydroxylation is 1. The van der Waals surface area contributed by atoms with Crippen molar-refractivity contribution in [3.05, 3.63) is 78.1 Å². The van der Waals surface area contributed by atoms with Gasteiger partial charge in [0.25, 0.3) is 5.91 Å². The van der Waals surface area contributed by atoms with E-state index in [2.05, 4.69) is 5.32 Å². The zero-order valence-corrected chi connectivity index (χ0v) is 17.2. The van der Waals surface area contributed by atoms with Crippen molar-refractivity contribution in [2.45, 2.75) is 31.4 Å². The van der Waals surface area contributed by atoms with Gasteiger partial charge in [-0.15, -0.1) is 0 Å². The summed E-state index contributed by atoms with van der Waals surface area (Å²) < 4.78 is 12.1. The molecule has 1 N–H and O–H groups in total. The van der Waals surface area contributed by atoms with Gasteiger partial charge in [-0.1, -0.05) is 42.5 Å². The first-order valence-corrected chi connectivity index (χ1v) is 10.6. The summed E-state index contributed by atoms with van der Waals surface area (Å²) in [4.78, 5) is 27.0. The quantitative estimate of drug-likeness (QED) is 0.697. The number of likely N-dealkylation sites (tertiary alicyclic amines) is 1. The summed E-state index contributed by atoms with van der Waals surface area (Å²) in [5.74, 6) is 2.20. The lowest BCUT2D eigenvalue weighted by molar-refractivity contribution is -0.135. The molecule has 0 aliphatic carbocycles. The molecule has 0 saturated carbocycles. The van der Waals surface area contributed by atoms with Crippen LogP contribution < -0.4 is 10.1 Å². The van der Waals surface area contributed by atoms with Gasteiger partial charge in [-0.05, 0) is 24.3 Å². The average molecular weight is 416 g/mol. The molecule has 3 heterocycles. The summed E-state index contributed by atoms with van der Waals surface area (Å²) in [6, 6.07) is 21.1. The second-order valence-corrected chi connectivity index (χ2v) is 8.06. The first-order chi connectivity index (χ1) is 15.1. The summed E-state index contributed by atoms with van der Waals surface area (Å²) in [6.07, 6.45) is 2.09. The fourth-order valence-electron chi connectivity index (χ4n) is 4.26. The Morgan fingerprint density at radius 1 is 0.968 bits per heavy atom. The fraction of sp³-hybridized carbons (Fsp3) is 0.280. The molecule has 2 aliphatic rings. The predicted octanol–water partition coefficient (Wildman–Crippen LogP) is 4.02. The standard InChI is InChI=1S/C25H24N2O4/c28-23(13-11-19-10-12-21(30-19)18-6-2-1-3-7-18)27-16-14-25(15-17-27)26-24(29)20-8-4-5-9-22(20)31-25/h1-10,12H,11,13-17H2,(H,26,29). The number of hydrogen-bond acceptors (Lipinski definition) is 4. The van der Waals surface area contributed by atoms with Gasteiger partial charge in [0.2, 0.25) is 5.91 Å². The molecule has 1 fully saturated rings. The third-order valence-electron chi connectivity index (χ3n) is 6.01. The number of piperidine rings is 1. The van der Waals surface area contributed by atoms with Gasteiger partial charge in [0.05, 0.1) is 5.56 Å². The molecule has 0 unspecified atom stereocenters. The van der Waals surface area contributed by atoms with E-state index < -0.39 is 5.72 Å². The number of para-hydroxylation sites is 1. The van der Waals surface area contributed by atoms with E-state index in [0.29, 0.717) is 50.1 Å². The number of amides is 2. The minimum absolute atomic E-state index is 0.0926. The van der Waals surface area contributed by atoms with Crippen LogP contribution >= 0.6 is 0 Å². The van der Waals surface area contributed by atoms with Crippen LogP contribution in [0.2, 0.25) is 0 Å². The van der Waals surface area contributed by atoms with E-state index >= 15 is 0 Å². The summed E-state index contributed by atoms with van der Waals surface area (Å²) in [6.45, 7) is 1.10. The maximum Gasteiger partial charge on any atom is 0.258 e. The highest BCUT2D eigenvalue weighted by Crippen LogP contribution is 2.33. The van der Waals surface area contributed by atoms with Gasteiger partial charge < -0.3 is 19.4 Å². The average Bonchev–Trinajstić information content (AvgIpc) is 3.28. The Kier molecular flexibility index (Phi) is 4.98. The van der Waals surface area contributed by atoms with Gasteiger partial charge in [-0.25, -0.2) is 0 Å². The van der Waals surface area contributed by atoms with Crippen molar-refractivity contribution in [3.63, 3.8) is 0 Å². The Balaban J connectivity index is 1.16. The smallest absolute Gasteiger partial charge is 0.258 e. The Bertz CT molecular complexity index is 1100. The van der Waals surface area contributed by atoms with Gasteiger partial charge in [0.1, 0.15) is 17.3 Å². The van der Waals surface area contributed by atoms with Crippen molar-refractivity contribution in [2.24, 2.45) is 0 Å². The molecule has 2 aromatic carbocycles. The van der Waals surface area contributed by atoms with Gasteiger partial charge in [-0.2, -0.15) is 0 Å². The van der Waals surface area contributed by atoms with E-state index in [-0.39, 0.29) is 11.8 Å². The maximum absolute atomic E-state index is 12.7. The Morgan fingerprint density at radius 2 is 1.71 bits per heavy atom. The molecule has 158 valence electrons. The minimum Gasteiger partial charge on any atom is -0.467 e. The molecule has 2 amide bonds. The van der Waals surface area contributed by atoms with Gasteiger partial charge in [-0.3, -0.25) is 9.59 Å². The van der Waals surface area contributed by atoms with Crippen LogP contribution in [0, 0.1) is 0 Å². The number of nitrogens with one attached hydrogen (secondary N) is 1. The van der Waals surface area contributed by atoms with E-state index in [4.69, 9.17) is 9.15 Å². The lowest BCUT2D eigenvalue weighted by Crippen LogP contribution is -2.61. The maximum atomic E-state index is 12.7. The fourth-order valence-corrected chi connectivity index (χ4v) is 4.26. The van der Waals surface area contributed by atoms with Crippen molar-refractivity contribution in [1.29, 1.82) is 0 Å². The second-order valence-electron chi connectivity index (χ2n) is 8.06. The molecular formula is C25H24N2O4. The highest BCUT2D eigenvalue weighted by molar-refractivity contribution is 5.98. The number of furan rings is 1. The number of carbonyl (C=O) groups is 2. The zero-order valence-electron chi connectivity index (χ0n) is 17.2. The van der Waals surface area contributed by atoms with Crippen LogP contribution in [0.5, 0.6) is 5.75 Å². The largest absolute Gasteiger partial charge is 0.467 e. The topological polar surface area (TPSA) is 71.8 Å². The second kappa shape index (κ2) is 7.95. The van der Waals surface area contributed by atoms with Crippen LogP contribution in [0.1, 0.15) is 35.4 Å². The van der Waals surface area contributed by atoms with Crippen molar-refractivity contribution >= 4 is 11.8 Å². The van der Waals surface area contributed by atoms with Crippen molar-refractivity contribution in [1.82, 2.24) is 10.2 Å². The van der Waals surface area contributed by atoms with E-state index in [0.717, 1.165) is 17.1 Å². The first kappa shape index (κ1) is 19.4. The van der Waals surface area contributed by atoms with Crippen LogP contribution in [0.3, 0.4) is 0 Å². The highest BCUT2D eigenvalue weighted by atomic mass is 16.5. The van der Waals surface area contributed by atoms with Crippen molar-refractivity contribution < 1.29 is 18.7 Å². The zero-order chi connectivity index (χ0) is 21.3. The van der Waals surface area contributed by atoms with E-state index in [9.17, 15) is 9.59 Å². The number of rotatable bonds is 4. The normalized spacial score (nSPS) is 17.0. The van der Waals surface area contributed by atoms with Crippen LogP contribution in [0.4, 0.5) is 0 Å². The highest BCUT2D eigenvalue weighted by Gasteiger charge is 2.43. The van der Waals surface area contributed by atoms with E-state index in [1.165, 1.54) is 0 Å². The van der Waals surface area contributed by atoms with Gasteiger partial charge in [0, 0.05) is 44.3 Å². The summed E-state index contributed by atoms with van der Waals surface area (Å²) in [5, 5.41) is 3.01. The molecule has 0 radical (unpaired) electrons. The predicted molar refractivity (Wildman–Crippen MR) is 116 cm³/mol. The number of fused-ring (bicyclic) bond motifs is 1. The SMILES string of the molecule is O=C1NC2(CCN(C(=O)CCc3ccc(-c4ccccc4)o3)CC2)Oc2ccccc21. The molecule has 6 nitrogen and oxygen atoms in total. The minimum atomic E-state index is -0.728. The van der Waals surface area contributed by atoms with Crippen LogP contribution in [-0.2, 0) is 11.2 Å². The molecule has 2 aliphatic heterocycles. The van der Waals surface area contributed by atoms with Crippen molar-refractivity contribution in [3.8, 4) is 17.1 Å². The molecular weight excluding hydrogens is 392 g/mol. The molecule has 1 spiro atoms. The number of nitrogens with zero attached hydrogens (tertiary/aromatic N) is 1. The lowest BCUT2D eigenvalue weighted by atomic mass is 9.96. The van der Waals surface area contributed by atoms with Gasteiger partial charge >= 0.3 is 0 Å². The van der Waals surface area contributed by atoms with E-state index in [1.807, 2.05) is 65.6 Å². The number of ether oxygens (including phenoxy) is 1. The molecule has 6 heteroatoms. The Morgan fingerprint density at radius 3 is 2.52 bits per heavy atom. The first-order valence-electron chi connectivity index (χ1n) is 10.6. The molecule has 0 atom stereocenters. The summed E-state index contributed by atoms with van der Waals surface area (Å²) in [7, 11) is 0. The Labute approximate surface area is 180 Å². The Hall–Kier alpha value is -3.54. The van der Waals surface area contributed by atoms with Crippen LogP contribution in [-0.4, -0.2) is 35.5 Å². The lowest BCUT2D eigenvalue weighted by Gasteiger charge is -2.44. The van der Waals surface area contributed by atoms with Crippen LogP contribution in [0.15, 0.2) is 71.1 Å². The number of hydrogen-bond donors (Lipinski definition) is 1. The molecule has 3 aromatic rings. The van der Waals surface area contributed by atoms with Gasteiger partial charge in [0.15, 0.2) is 5.72 Å².